The van der Waals surface area contributed by atoms with Crippen LogP contribution in [0.25, 0.3) is 0 Å². The fraction of sp³-hybridized carbons (Fsp3) is 0.235. The number of β-amino-alcohol motifs (C(OH)–C–C–N with tert-alkyl or cyclic N) is 1. The minimum absolute atomic E-state index is 0.104. The lowest BCUT2D eigenvalue weighted by atomic mass is 10.1. The average molecular weight is 399 g/mol. The molecule has 2 aromatic rings. The number of carbonyl (C=O) groups is 1. The fourth-order valence-corrected chi connectivity index (χ4v) is 4.08. The van der Waals surface area contributed by atoms with Gasteiger partial charge in [0.25, 0.3) is 5.91 Å². The number of hydrogen-bond acceptors (Lipinski definition) is 4. The van der Waals surface area contributed by atoms with E-state index in [2.05, 4.69) is 10.6 Å². The average Bonchev–Trinajstić information content (AvgIpc) is 2.62. The van der Waals surface area contributed by atoms with Crippen molar-refractivity contribution in [1.82, 2.24) is 4.31 Å². The fourth-order valence-electron chi connectivity index (χ4n) is 2.70. The van der Waals surface area contributed by atoms with Crippen LogP contribution in [0.4, 0.5) is 24.5 Å². The predicted molar refractivity (Wildman–Crippen MR) is 94.0 cm³/mol. The van der Waals surface area contributed by atoms with Gasteiger partial charge in [-0.15, -0.1) is 0 Å². The maximum absolute atomic E-state index is 13.3. The number of nitrogens with zero attached hydrogens (tertiary/aromatic N) is 1. The van der Waals surface area contributed by atoms with Crippen molar-refractivity contribution in [3.63, 3.8) is 0 Å². The van der Waals surface area contributed by atoms with E-state index in [4.69, 9.17) is 5.11 Å². The molecular formula is C17H16F3N3O3S. The first-order valence-electron chi connectivity index (χ1n) is 7.97. The highest BCUT2D eigenvalue weighted by atomic mass is 32.2. The first-order valence-corrected chi connectivity index (χ1v) is 9.08. The van der Waals surface area contributed by atoms with Gasteiger partial charge in [0.1, 0.15) is 11.0 Å². The minimum atomic E-state index is -1.62. The summed E-state index contributed by atoms with van der Waals surface area (Å²) in [5.74, 6) is -5.17. The van der Waals surface area contributed by atoms with E-state index in [0.29, 0.717) is 22.7 Å². The Kier molecular flexibility index (Phi) is 5.49. The van der Waals surface area contributed by atoms with Gasteiger partial charge in [-0.1, -0.05) is 0 Å². The highest BCUT2D eigenvalue weighted by Crippen LogP contribution is 2.30. The Morgan fingerprint density at radius 3 is 2.56 bits per heavy atom. The zero-order valence-corrected chi connectivity index (χ0v) is 14.9. The standard InChI is InChI=1S/C17H16F3N3O3S/c1-9-21-14-3-2-10(6-15(14)27(26)23(9)4-5-24)17(25)22-11-7-12(18)16(20)13(19)8-11/h2-3,6-9,21,24H,4-5H2,1H3,(H,22,25). The van der Waals surface area contributed by atoms with Crippen LogP contribution < -0.4 is 10.6 Å². The molecule has 3 N–H and O–H groups in total. The van der Waals surface area contributed by atoms with Crippen LogP contribution in [-0.4, -0.2) is 38.8 Å². The molecule has 0 bridgehead atoms. The Bertz CT molecular complexity index is 903. The van der Waals surface area contributed by atoms with Crippen molar-refractivity contribution < 1.29 is 27.3 Å². The van der Waals surface area contributed by atoms with Gasteiger partial charge >= 0.3 is 0 Å². The summed E-state index contributed by atoms with van der Waals surface area (Å²) in [6, 6.07) is 5.75. The summed E-state index contributed by atoms with van der Waals surface area (Å²) >= 11 is 0. The van der Waals surface area contributed by atoms with Gasteiger partial charge in [0, 0.05) is 29.9 Å². The van der Waals surface area contributed by atoms with Gasteiger partial charge in [-0.2, -0.15) is 4.31 Å². The molecule has 0 saturated carbocycles. The first-order chi connectivity index (χ1) is 12.8. The molecule has 2 atom stereocenters. The second kappa shape index (κ2) is 7.67. The molecule has 144 valence electrons. The van der Waals surface area contributed by atoms with Gasteiger partial charge in [0.2, 0.25) is 0 Å². The number of hydrogen-bond donors (Lipinski definition) is 3. The largest absolute Gasteiger partial charge is 0.395 e. The van der Waals surface area contributed by atoms with Crippen LogP contribution in [0.1, 0.15) is 17.3 Å². The highest BCUT2D eigenvalue weighted by Gasteiger charge is 2.29. The third-order valence-electron chi connectivity index (χ3n) is 4.00. The number of benzene rings is 2. The number of amides is 1. The number of carbonyl (C=O) groups excluding carboxylic acids is 1. The summed E-state index contributed by atoms with van der Waals surface area (Å²) in [7, 11) is -1.61. The van der Waals surface area contributed by atoms with E-state index in [1.807, 2.05) is 0 Å². The summed E-state index contributed by atoms with van der Waals surface area (Å²) in [5, 5.41) is 14.5. The van der Waals surface area contributed by atoms with Crippen molar-refractivity contribution in [1.29, 1.82) is 0 Å². The molecule has 1 heterocycles. The van der Waals surface area contributed by atoms with Crippen molar-refractivity contribution in [2.45, 2.75) is 18.0 Å². The van der Waals surface area contributed by atoms with Gasteiger partial charge in [-0.25, -0.2) is 17.4 Å². The van der Waals surface area contributed by atoms with Crippen LogP contribution in [0.2, 0.25) is 0 Å². The van der Waals surface area contributed by atoms with Crippen molar-refractivity contribution in [3.05, 3.63) is 53.3 Å². The van der Waals surface area contributed by atoms with E-state index in [-0.39, 0.29) is 30.6 Å². The molecule has 0 aliphatic carbocycles. The Hall–Kier alpha value is -2.43. The van der Waals surface area contributed by atoms with E-state index < -0.39 is 34.3 Å². The number of halogens is 3. The maximum Gasteiger partial charge on any atom is 0.255 e. The van der Waals surface area contributed by atoms with E-state index in [1.165, 1.54) is 16.4 Å². The van der Waals surface area contributed by atoms with Crippen molar-refractivity contribution in [3.8, 4) is 0 Å². The third-order valence-corrected chi connectivity index (χ3v) is 5.64. The number of fused-ring (bicyclic) bond motifs is 1. The van der Waals surface area contributed by atoms with Gasteiger partial charge in [0.15, 0.2) is 17.5 Å². The summed E-state index contributed by atoms with van der Waals surface area (Å²) in [4.78, 5) is 12.7. The molecule has 0 fully saturated rings. The molecule has 0 radical (unpaired) electrons. The molecule has 0 spiro atoms. The molecule has 1 amide bonds. The molecule has 10 heteroatoms. The molecule has 1 aliphatic heterocycles. The van der Waals surface area contributed by atoms with Gasteiger partial charge in [-0.3, -0.25) is 4.79 Å². The lowest BCUT2D eigenvalue weighted by Gasteiger charge is -2.34. The van der Waals surface area contributed by atoms with Gasteiger partial charge < -0.3 is 15.7 Å². The van der Waals surface area contributed by atoms with Crippen LogP contribution >= 0.6 is 0 Å². The Labute approximate surface area is 155 Å². The summed E-state index contributed by atoms with van der Waals surface area (Å²) in [5.41, 5.74) is 0.432. The van der Waals surface area contributed by atoms with Crippen LogP contribution in [0, 0.1) is 17.5 Å². The lowest BCUT2D eigenvalue weighted by Crippen LogP contribution is -2.45. The van der Waals surface area contributed by atoms with Crippen molar-refractivity contribution in [2.24, 2.45) is 0 Å². The Morgan fingerprint density at radius 1 is 1.26 bits per heavy atom. The number of nitrogens with one attached hydrogen (secondary N) is 2. The molecule has 27 heavy (non-hydrogen) atoms. The summed E-state index contributed by atoms with van der Waals surface area (Å²) < 4.78 is 53.8. The molecule has 6 nitrogen and oxygen atoms in total. The molecule has 0 saturated heterocycles. The monoisotopic (exact) mass is 399 g/mol. The van der Waals surface area contributed by atoms with Crippen LogP contribution in [0.5, 0.6) is 0 Å². The number of aliphatic hydroxyl groups is 1. The number of aliphatic hydroxyl groups excluding tert-OH is 1. The molecule has 0 aromatic heterocycles. The van der Waals surface area contributed by atoms with Crippen LogP contribution in [0.3, 0.4) is 0 Å². The second-order valence-corrected chi connectivity index (χ2v) is 7.26. The van der Waals surface area contributed by atoms with Crippen LogP contribution in [0.15, 0.2) is 35.2 Å². The van der Waals surface area contributed by atoms with Crippen molar-refractivity contribution >= 4 is 28.3 Å². The van der Waals surface area contributed by atoms with Crippen molar-refractivity contribution in [2.75, 3.05) is 23.8 Å². The normalized spacial score (nSPS) is 19.3. The summed E-state index contributed by atoms with van der Waals surface area (Å²) in [6.45, 7) is 1.77. The zero-order chi connectivity index (χ0) is 19.7. The molecule has 1 aliphatic rings. The quantitative estimate of drug-likeness (QED) is 0.690. The molecule has 3 rings (SSSR count). The van der Waals surface area contributed by atoms with Gasteiger partial charge in [-0.05, 0) is 25.1 Å². The highest BCUT2D eigenvalue weighted by molar-refractivity contribution is 7.83. The van der Waals surface area contributed by atoms with E-state index >= 15 is 0 Å². The third kappa shape index (κ3) is 3.82. The van der Waals surface area contributed by atoms with E-state index in [0.717, 1.165) is 0 Å². The van der Waals surface area contributed by atoms with Crippen LogP contribution in [-0.2, 0) is 11.0 Å². The molecule has 2 aromatic carbocycles. The maximum atomic E-state index is 13.3. The lowest BCUT2D eigenvalue weighted by molar-refractivity contribution is 0.102. The zero-order valence-electron chi connectivity index (χ0n) is 14.1. The molecule has 2 unspecified atom stereocenters. The van der Waals surface area contributed by atoms with Gasteiger partial charge in [0.05, 0.1) is 23.4 Å². The smallest absolute Gasteiger partial charge is 0.255 e. The Balaban J connectivity index is 1.86. The number of anilines is 2. The molecular weight excluding hydrogens is 383 g/mol. The van der Waals surface area contributed by atoms with E-state index in [9.17, 15) is 22.2 Å². The summed E-state index contributed by atoms with van der Waals surface area (Å²) in [6.07, 6.45) is -0.282. The number of rotatable bonds is 4. The Morgan fingerprint density at radius 2 is 1.93 bits per heavy atom. The first kappa shape index (κ1) is 19.3. The predicted octanol–water partition coefficient (Wildman–Crippen LogP) is 2.44. The topological polar surface area (TPSA) is 81.7 Å². The van der Waals surface area contributed by atoms with E-state index in [1.54, 1.807) is 13.0 Å². The SMILES string of the molecule is CC1Nc2ccc(C(=O)Nc3cc(F)c(F)c(F)c3)cc2S(=O)N1CCO. The minimum Gasteiger partial charge on any atom is -0.395 e. The second-order valence-electron chi connectivity index (χ2n) is 5.85.